The second kappa shape index (κ2) is 6.43. The molecule has 3 aliphatic rings. The summed E-state index contributed by atoms with van der Waals surface area (Å²) in [6.07, 6.45) is 5.04. The van der Waals surface area contributed by atoms with Crippen molar-refractivity contribution < 1.29 is 19.1 Å². The first-order valence-electron chi connectivity index (χ1n) is 8.66. The number of nitrogens with one attached hydrogen (secondary N) is 1. The van der Waals surface area contributed by atoms with Crippen LogP contribution in [-0.4, -0.2) is 36.3 Å². The van der Waals surface area contributed by atoms with Crippen LogP contribution in [0.1, 0.15) is 12.8 Å². The minimum Gasteiger partial charge on any atom is -0.495 e. The number of halogens is 1. The molecule has 1 N–H and O–H groups in total. The number of anilines is 1. The fourth-order valence-electron chi connectivity index (χ4n) is 4.39. The highest BCUT2D eigenvalue weighted by atomic mass is 35.5. The third-order valence-corrected chi connectivity index (χ3v) is 5.79. The number of allylic oxidation sites excluding steroid dienone is 2. The quantitative estimate of drug-likeness (QED) is 0.634. The molecule has 26 heavy (non-hydrogen) atoms. The number of rotatable bonds is 5. The predicted octanol–water partition coefficient (Wildman–Crippen LogP) is 2.48. The number of carbonyl (C=O) groups is 3. The lowest BCUT2D eigenvalue weighted by atomic mass is 9.85. The Bertz CT molecular complexity index is 792. The number of methoxy groups -OCH3 is 1. The predicted molar refractivity (Wildman–Crippen MR) is 95.7 cm³/mol. The van der Waals surface area contributed by atoms with Crippen LogP contribution in [0, 0.1) is 23.7 Å². The maximum atomic E-state index is 12.6. The van der Waals surface area contributed by atoms with Crippen molar-refractivity contribution in [2.24, 2.45) is 23.7 Å². The molecule has 4 rings (SSSR count). The SMILES string of the molecule is COc1ccc(Cl)cc1NC(=O)CCN1C(=O)C2C3C=CC(C3)C2C1=O. The molecular formula is C19H19ClN2O4. The number of fused-ring (bicyclic) bond motifs is 5. The number of carbonyl (C=O) groups excluding carboxylic acids is 3. The minimum absolute atomic E-state index is 0.0371. The summed E-state index contributed by atoms with van der Waals surface area (Å²) in [5, 5.41) is 3.20. The molecule has 6 nitrogen and oxygen atoms in total. The molecule has 1 saturated carbocycles. The zero-order chi connectivity index (χ0) is 18.4. The summed E-state index contributed by atoms with van der Waals surface area (Å²) in [5.41, 5.74) is 0.461. The van der Waals surface area contributed by atoms with E-state index in [1.165, 1.54) is 12.0 Å². The van der Waals surface area contributed by atoms with Crippen molar-refractivity contribution in [3.05, 3.63) is 35.4 Å². The molecule has 2 fully saturated rings. The molecule has 1 aromatic carbocycles. The third kappa shape index (κ3) is 2.69. The van der Waals surface area contributed by atoms with Crippen LogP contribution >= 0.6 is 11.6 Å². The van der Waals surface area contributed by atoms with E-state index in [4.69, 9.17) is 16.3 Å². The molecule has 1 saturated heterocycles. The van der Waals surface area contributed by atoms with E-state index >= 15 is 0 Å². The van der Waals surface area contributed by atoms with Crippen molar-refractivity contribution in [2.75, 3.05) is 19.0 Å². The van der Waals surface area contributed by atoms with Crippen molar-refractivity contribution in [3.63, 3.8) is 0 Å². The second-order valence-electron chi connectivity index (χ2n) is 6.97. The molecule has 2 bridgehead atoms. The summed E-state index contributed by atoms with van der Waals surface area (Å²) in [6.45, 7) is 0.0961. The van der Waals surface area contributed by atoms with E-state index in [0.717, 1.165) is 6.42 Å². The fraction of sp³-hybridized carbons (Fsp3) is 0.421. The van der Waals surface area contributed by atoms with Gasteiger partial charge in [-0.3, -0.25) is 19.3 Å². The van der Waals surface area contributed by atoms with Crippen LogP contribution < -0.4 is 10.1 Å². The number of imide groups is 1. The Morgan fingerprint density at radius 3 is 2.50 bits per heavy atom. The van der Waals surface area contributed by atoms with Gasteiger partial charge in [0.05, 0.1) is 24.6 Å². The Morgan fingerprint density at radius 2 is 1.88 bits per heavy atom. The highest BCUT2D eigenvalue weighted by molar-refractivity contribution is 6.31. The van der Waals surface area contributed by atoms with Crippen molar-refractivity contribution in [2.45, 2.75) is 12.8 Å². The third-order valence-electron chi connectivity index (χ3n) is 5.56. The smallest absolute Gasteiger partial charge is 0.233 e. The first-order chi connectivity index (χ1) is 12.5. The molecule has 136 valence electrons. The fourth-order valence-corrected chi connectivity index (χ4v) is 4.56. The number of hydrogen-bond donors (Lipinski definition) is 1. The standard InChI is InChI=1S/C19H19ClN2O4/c1-26-14-5-4-12(20)9-13(14)21-15(23)6-7-22-18(24)16-10-2-3-11(8-10)17(16)19(22)25/h2-5,9-11,16-17H,6-8H2,1H3,(H,21,23). The van der Waals surface area contributed by atoms with Crippen molar-refractivity contribution in [1.82, 2.24) is 4.90 Å². The van der Waals surface area contributed by atoms with Gasteiger partial charge in [0, 0.05) is 18.0 Å². The van der Waals surface area contributed by atoms with E-state index in [0.29, 0.717) is 16.5 Å². The van der Waals surface area contributed by atoms with Crippen LogP contribution in [-0.2, 0) is 14.4 Å². The molecule has 1 aliphatic heterocycles. The average molecular weight is 375 g/mol. The van der Waals surface area contributed by atoms with E-state index in [-0.39, 0.29) is 54.4 Å². The Kier molecular flexibility index (Phi) is 4.23. The molecule has 0 aromatic heterocycles. The van der Waals surface area contributed by atoms with E-state index in [9.17, 15) is 14.4 Å². The van der Waals surface area contributed by atoms with Crippen molar-refractivity contribution in [1.29, 1.82) is 0 Å². The summed E-state index contributed by atoms with van der Waals surface area (Å²) in [7, 11) is 1.50. The van der Waals surface area contributed by atoms with Gasteiger partial charge in [-0.1, -0.05) is 23.8 Å². The van der Waals surface area contributed by atoms with Crippen LogP contribution in [0.15, 0.2) is 30.4 Å². The van der Waals surface area contributed by atoms with Crippen LogP contribution in [0.3, 0.4) is 0 Å². The lowest BCUT2D eigenvalue weighted by Gasteiger charge is -2.17. The van der Waals surface area contributed by atoms with Crippen LogP contribution in [0.5, 0.6) is 5.75 Å². The molecule has 1 heterocycles. The topological polar surface area (TPSA) is 75.7 Å². The van der Waals surface area contributed by atoms with Gasteiger partial charge in [0.1, 0.15) is 5.75 Å². The normalized spacial score (nSPS) is 28.6. The number of likely N-dealkylation sites (tertiary alicyclic amines) is 1. The van der Waals surface area contributed by atoms with Crippen molar-refractivity contribution in [3.8, 4) is 5.75 Å². The largest absolute Gasteiger partial charge is 0.495 e. The summed E-state index contributed by atoms with van der Waals surface area (Å²) < 4.78 is 5.20. The highest BCUT2D eigenvalue weighted by Gasteiger charge is 2.58. The number of benzene rings is 1. The van der Waals surface area contributed by atoms with Crippen LogP contribution in [0.2, 0.25) is 5.02 Å². The van der Waals surface area contributed by atoms with Gasteiger partial charge >= 0.3 is 0 Å². The van der Waals surface area contributed by atoms with Gasteiger partial charge in [-0.15, -0.1) is 0 Å². The maximum Gasteiger partial charge on any atom is 0.233 e. The van der Waals surface area contributed by atoms with Crippen LogP contribution in [0.4, 0.5) is 5.69 Å². The number of amides is 3. The summed E-state index contributed by atoms with van der Waals surface area (Å²) in [4.78, 5) is 38.7. The molecule has 0 radical (unpaired) electrons. The summed E-state index contributed by atoms with van der Waals surface area (Å²) in [5.74, 6) is -0.179. The molecule has 1 aromatic rings. The zero-order valence-electron chi connectivity index (χ0n) is 14.3. The van der Waals surface area contributed by atoms with Crippen molar-refractivity contribution >= 4 is 35.0 Å². The average Bonchev–Trinajstić information content (AvgIpc) is 3.28. The van der Waals surface area contributed by atoms with E-state index in [1.54, 1.807) is 18.2 Å². The Hall–Kier alpha value is -2.34. The second-order valence-corrected chi connectivity index (χ2v) is 7.41. The van der Waals surface area contributed by atoms with Gasteiger partial charge in [0.15, 0.2) is 0 Å². The molecule has 0 spiro atoms. The van der Waals surface area contributed by atoms with Gasteiger partial charge in [0.25, 0.3) is 0 Å². The van der Waals surface area contributed by atoms with Crippen LogP contribution in [0.25, 0.3) is 0 Å². The molecule has 3 amide bonds. The summed E-state index contributed by atoms with van der Waals surface area (Å²) in [6, 6.07) is 4.92. The van der Waals surface area contributed by atoms with E-state index < -0.39 is 0 Å². The Balaban J connectivity index is 1.39. The monoisotopic (exact) mass is 374 g/mol. The molecule has 7 heteroatoms. The summed E-state index contributed by atoms with van der Waals surface area (Å²) >= 11 is 5.95. The first kappa shape index (κ1) is 17.1. The van der Waals surface area contributed by atoms with Gasteiger partial charge in [-0.05, 0) is 36.5 Å². The zero-order valence-corrected chi connectivity index (χ0v) is 15.0. The molecule has 4 unspecified atom stereocenters. The lowest BCUT2D eigenvalue weighted by Crippen LogP contribution is -2.35. The Morgan fingerprint density at radius 1 is 1.23 bits per heavy atom. The van der Waals surface area contributed by atoms with Gasteiger partial charge in [0.2, 0.25) is 17.7 Å². The molecule has 4 atom stereocenters. The number of ether oxygens (including phenoxy) is 1. The lowest BCUT2D eigenvalue weighted by molar-refractivity contribution is -0.140. The van der Waals surface area contributed by atoms with E-state index in [1.807, 2.05) is 0 Å². The van der Waals surface area contributed by atoms with E-state index in [2.05, 4.69) is 17.5 Å². The maximum absolute atomic E-state index is 12.6. The van der Waals surface area contributed by atoms with Gasteiger partial charge in [-0.25, -0.2) is 0 Å². The minimum atomic E-state index is -0.302. The van der Waals surface area contributed by atoms with Gasteiger partial charge in [-0.2, -0.15) is 0 Å². The highest BCUT2D eigenvalue weighted by Crippen LogP contribution is 2.52. The number of hydrogen-bond acceptors (Lipinski definition) is 4. The Labute approximate surface area is 156 Å². The molecule has 2 aliphatic carbocycles. The number of nitrogens with zero attached hydrogens (tertiary/aromatic N) is 1. The van der Waals surface area contributed by atoms with Gasteiger partial charge < -0.3 is 10.1 Å². The first-order valence-corrected chi connectivity index (χ1v) is 9.04. The molecular weight excluding hydrogens is 356 g/mol.